The van der Waals surface area contributed by atoms with Gasteiger partial charge in [-0.3, -0.25) is 14.6 Å². The molecule has 0 radical (unpaired) electrons. The van der Waals surface area contributed by atoms with Crippen molar-refractivity contribution in [1.29, 1.82) is 0 Å². The van der Waals surface area contributed by atoms with Gasteiger partial charge >= 0.3 is 0 Å². The summed E-state index contributed by atoms with van der Waals surface area (Å²) in [7, 11) is 1.87. The maximum atomic E-state index is 12.9. The molecular formula is C17H19N5O2. The molecule has 0 saturated carbocycles. The Balaban J connectivity index is 1.61. The summed E-state index contributed by atoms with van der Waals surface area (Å²) in [4.78, 5) is 14.7. The molecule has 24 heavy (non-hydrogen) atoms. The second kappa shape index (κ2) is 5.76. The molecule has 3 heterocycles. The summed E-state index contributed by atoms with van der Waals surface area (Å²) in [6.07, 6.45) is 3.76. The lowest BCUT2D eigenvalue weighted by molar-refractivity contribution is 0.0777. The summed E-state index contributed by atoms with van der Waals surface area (Å²) in [6, 6.07) is 7.60. The van der Waals surface area contributed by atoms with Gasteiger partial charge in [0.05, 0.1) is 11.7 Å². The van der Waals surface area contributed by atoms with Gasteiger partial charge in [-0.15, -0.1) is 0 Å². The monoisotopic (exact) mass is 325 g/mol. The smallest absolute Gasteiger partial charge is 0.275 e. The number of aromatic amines is 1. The summed E-state index contributed by atoms with van der Waals surface area (Å²) in [5.74, 6) is 0.0125. The first-order chi connectivity index (χ1) is 11.7. The number of likely N-dealkylation sites (tertiary alicyclic amines) is 1. The SMILES string of the molecule is Cn1cc([C@@H]2CN(C(=O)c3n[nH]c4ccccc34)C[C@H]2CO)cn1. The van der Waals surface area contributed by atoms with Crippen LogP contribution in [-0.4, -0.2) is 55.6 Å². The average molecular weight is 325 g/mol. The fourth-order valence-corrected chi connectivity index (χ4v) is 3.51. The van der Waals surface area contributed by atoms with Crippen molar-refractivity contribution in [2.24, 2.45) is 13.0 Å². The third-order valence-corrected chi connectivity index (χ3v) is 4.79. The molecule has 0 unspecified atom stereocenters. The summed E-state index contributed by atoms with van der Waals surface area (Å²) >= 11 is 0. The standard InChI is InChI=1S/C17H19N5O2/c1-21-7-11(6-18-21)14-9-22(8-12(14)10-23)17(24)16-13-4-2-3-5-15(13)19-20-16/h2-7,12,14,23H,8-10H2,1H3,(H,19,20)/t12-,14-/m0/s1. The van der Waals surface area contributed by atoms with Crippen LogP contribution in [0, 0.1) is 5.92 Å². The summed E-state index contributed by atoms with van der Waals surface area (Å²) < 4.78 is 1.75. The number of carbonyl (C=O) groups is 1. The van der Waals surface area contributed by atoms with Crippen LogP contribution >= 0.6 is 0 Å². The van der Waals surface area contributed by atoms with E-state index in [1.807, 2.05) is 43.7 Å². The molecule has 1 aliphatic heterocycles. The number of aliphatic hydroxyl groups is 1. The number of hydrogen-bond donors (Lipinski definition) is 2. The highest BCUT2D eigenvalue weighted by Crippen LogP contribution is 2.33. The zero-order valence-corrected chi connectivity index (χ0v) is 13.4. The number of aromatic nitrogens is 4. The number of amides is 1. The van der Waals surface area contributed by atoms with E-state index < -0.39 is 0 Å². The Bertz CT molecular complexity index is 884. The van der Waals surface area contributed by atoms with Crippen LogP contribution in [0.4, 0.5) is 0 Å². The number of H-pyrrole nitrogens is 1. The van der Waals surface area contributed by atoms with Crippen LogP contribution in [0.2, 0.25) is 0 Å². The largest absolute Gasteiger partial charge is 0.396 e. The Kier molecular flexibility index (Phi) is 3.57. The van der Waals surface area contributed by atoms with Gasteiger partial charge in [0.15, 0.2) is 5.69 Å². The number of carbonyl (C=O) groups excluding carboxylic acids is 1. The summed E-state index contributed by atoms with van der Waals surface area (Å²) in [6.45, 7) is 1.14. The van der Waals surface area contributed by atoms with Crippen LogP contribution in [0.3, 0.4) is 0 Å². The van der Waals surface area contributed by atoms with Gasteiger partial charge in [-0.1, -0.05) is 18.2 Å². The van der Waals surface area contributed by atoms with E-state index in [1.165, 1.54) is 0 Å². The van der Waals surface area contributed by atoms with Crippen LogP contribution in [0.15, 0.2) is 36.7 Å². The molecule has 2 aromatic heterocycles. The van der Waals surface area contributed by atoms with Gasteiger partial charge in [-0.05, 0) is 11.6 Å². The van der Waals surface area contributed by atoms with Crippen LogP contribution in [0.5, 0.6) is 0 Å². The van der Waals surface area contributed by atoms with Crippen molar-refractivity contribution in [3.05, 3.63) is 47.9 Å². The molecule has 2 N–H and O–H groups in total. The third kappa shape index (κ3) is 2.37. The fraction of sp³-hybridized carbons (Fsp3) is 0.353. The Labute approximate surface area is 138 Å². The number of benzene rings is 1. The predicted octanol–water partition coefficient (Wildman–Crippen LogP) is 1.14. The highest BCUT2D eigenvalue weighted by molar-refractivity contribution is 6.04. The lowest BCUT2D eigenvalue weighted by Gasteiger charge is -2.14. The molecule has 0 spiro atoms. The Morgan fingerprint density at radius 1 is 1.38 bits per heavy atom. The van der Waals surface area contributed by atoms with E-state index in [-0.39, 0.29) is 24.3 Å². The first kappa shape index (κ1) is 14.9. The van der Waals surface area contributed by atoms with Crippen molar-refractivity contribution in [2.75, 3.05) is 19.7 Å². The number of aliphatic hydroxyl groups excluding tert-OH is 1. The van der Waals surface area contributed by atoms with Crippen molar-refractivity contribution in [3.8, 4) is 0 Å². The lowest BCUT2D eigenvalue weighted by Crippen LogP contribution is -2.29. The normalized spacial score (nSPS) is 20.8. The van der Waals surface area contributed by atoms with Gasteiger partial charge in [0.25, 0.3) is 5.91 Å². The van der Waals surface area contributed by atoms with E-state index in [0.29, 0.717) is 18.8 Å². The maximum Gasteiger partial charge on any atom is 0.275 e. The molecular weight excluding hydrogens is 306 g/mol. The summed E-state index contributed by atoms with van der Waals surface area (Å²) in [5, 5.41) is 21.9. The molecule has 7 nitrogen and oxygen atoms in total. The molecule has 2 atom stereocenters. The highest BCUT2D eigenvalue weighted by Gasteiger charge is 2.37. The van der Waals surface area contributed by atoms with Gasteiger partial charge in [0.1, 0.15) is 0 Å². The van der Waals surface area contributed by atoms with Crippen molar-refractivity contribution in [2.45, 2.75) is 5.92 Å². The van der Waals surface area contributed by atoms with Crippen LogP contribution in [0.25, 0.3) is 10.9 Å². The zero-order valence-electron chi connectivity index (χ0n) is 13.4. The molecule has 0 bridgehead atoms. The average Bonchev–Trinajstić information content (AvgIpc) is 3.31. The Hall–Kier alpha value is -2.67. The molecule has 1 amide bonds. The van der Waals surface area contributed by atoms with Gasteiger partial charge in [0, 0.05) is 50.2 Å². The maximum absolute atomic E-state index is 12.9. The molecule has 1 aromatic carbocycles. The lowest BCUT2D eigenvalue weighted by atomic mass is 9.92. The van der Waals surface area contributed by atoms with Gasteiger partial charge < -0.3 is 10.0 Å². The molecule has 7 heteroatoms. The number of aryl methyl sites for hydroxylation is 1. The van der Waals surface area contributed by atoms with Gasteiger partial charge in [0.2, 0.25) is 0 Å². The minimum Gasteiger partial charge on any atom is -0.396 e. The van der Waals surface area contributed by atoms with E-state index in [1.54, 1.807) is 9.58 Å². The van der Waals surface area contributed by atoms with Crippen molar-refractivity contribution >= 4 is 16.8 Å². The number of fused-ring (bicyclic) bond motifs is 1. The Morgan fingerprint density at radius 2 is 2.21 bits per heavy atom. The first-order valence-electron chi connectivity index (χ1n) is 7.99. The zero-order chi connectivity index (χ0) is 16.7. The first-order valence-corrected chi connectivity index (χ1v) is 7.99. The predicted molar refractivity (Wildman–Crippen MR) is 88.5 cm³/mol. The minimum atomic E-state index is -0.0997. The van der Waals surface area contributed by atoms with E-state index in [4.69, 9.17) is 0 Å². The number of para-hydroxylation sites is 1. The topological polar surface area (TPSA) is 87.0 Å². The molecule has 0 aliphatic carbocycles. The summed E-state index contributed by atoms with van der Waals surface area (Å²) in [5.41, 5.74) is 2.34. The van der Waals surface area contributed by atoms with E-state index >= 15 is 0 Å². The fourth-order valence-electron chi connectivity index (χ4n) is 3.51. The molecule has 124 valence electrons. The third-order valence-electron chi connectivity index (χ3n) is 4.79. The number of nitrogens with zero attached hydrogens (tertiary/aromatic N) is 4. The Morgan fingerprint density at radius 3 is 2.96 bits per heavy atom. The van der Waals surface area contributed by atoms with E-state index in [2.05, 4.69) is 15.3 Å². The van der Waals surface area contributed by atoms with Crippen molar-refractivity contribution in [1.82, 2.24) is 24.9 Å². The van der Waals surface area contributed by atoms with Crippen molar-refractivity contribution < 1.29 is 9.90 Å². The molecule has 1 fully saturated rings. The number of hydrogen-bond acceptors (Lipinski definition) is 4. The number of rotatable bonds is 3. The molecule has 1 aliphatic rings. The van der Waals surface area contributed by atoms with Crippen LogP contribution in [-0.2, 0) is 7.05 Å². The second-order valence-electron chi connectivity index (χ2n) is 6.32. The quantitative estimate of drug-likeness (QED) is 0.756. The minimum absolute atomic E-state index is 0.0170. The van der Waals surface area contributed by atoms with Crippen LogP contribution < -0.4 is 0 Å². The van der Waals surface area contributed by atoms with E-state index in [9.17, 15) is 9.90 Å². The number of nitrogens with one attached hydrogen (secondary N) is 1. The highest BCUT2D eigenvalue weighted by atomic mass is 16.3. The molecule has 4 rings (SSSR count). The van der Waals surface area contributed by atoms with Crippen molar-refractivity contribution in [3.63, 3.8) is 0 Å². The van der Waals surface area contributed by atoms with Gasteiger partial charge in [-0.25, -0.2) is 0 Å². The molecule has 1 saturated heterocycles. The molecule has 3 aromatic rings. The van der Waals surface area contributed by atoms with Crippen LogP contribution in [0.1, 0.15) is 22.0 Å². The van der Waals surface area contributed by atoms with E-state index in [0.717, 1.165) is 16.5 Å². The van der Waals surface area contributed by atoms with Gasteiger partial charge in [-0.2, -0.15) is 10.2 Å². The second-order valence-corrected chi connectivity index (χ2v) is 6.32.